The van der Waals surface area contributed by atoms with Crippen LogP contribution in [-0.2, 0) is 0 Å². The van der Waals surface area contributed by atoms with Gasteiger partial charge in [0.25, 0.3) is 0 Å². The Labute approximate surface area is 113 Å². The molecule has 102 valence electrons. The number of rotatable bonds is 8. The van der Waals surface area contributed by atoms with Crippen LogP contribution in [0.5, 0.6) is 0 Å². The monoisotopic (exact) mass is 270 g/mol. The fourth-order valence-corrected chi connectivity index (χ4v) is 1.92. The Morgan fingerprint density at radius 1 is 1.28 bits per heavy atom. The standard InChI is InChI=1S/C12H22N4OS/c1-4-6-9(17)8-14-11-7-10(13-5-2)15-12(16-11)18-3/h7,9,17H,4-6,8H2,1-3H3,(H2,13,14,15,16). The Morgan fingerprint density at radius 2 is 1.94 bits per heavy atom. The fourth-order valence-electron chi connectivity index (χ4n) is 1.54. The van der Waals surface area contributed by atoms with Crippen LogP contribution in [0.1, 0.15) is 26.7 Å². The van der Waals surface area contributed by atoms with Gasteiger partial charge in [-0.25, -0.2) is 9.97 Å². The lowest BCUT2D eigenvalue weighted by Crippen LogP contribution is -2.20. The van der Waals surface area contributed by atoms with Gasteiger partial charge in [-0.2, -0.15) is 0 Å². The van der Waals surface area contributed by atoms with E-state index in [9.17, 15) is 5.11 Å². The van der Waals surface area contributed by atoms with Crippen molar-refractivity contribution < 1.29 is 5.11 Å². The van der Waals surface area contributed by atoms with Gasteiger partial charge < -0.3 is 15.7 Å². The van der Waals surface area contributed by atoms with Gasteiger partial charge in [-0.05, 0) is 19.6 Å². The van der Waals surface area contributed by atoms with Crippen LogP contribution >= 0.6 is 11.8 Å². The molecule has 0 aromatic carbocycles. The van der Waals surface area contributed by atoms with Crippen molar-refractivity contribution in [3.63, 3.8) is 0 Å². The highest BCUT2D eigenvalue weighted by atomic mass is 32.2. The molecule has 0 aliphatic carbocycles. The average Bonchev–Trinajstić information content (AvgIpc) is 2.37. The van der Waals surface area contributed by atoms with Gasteiger partial charge in [0.15, 0.2) is 5.16 Å². The zero-order chi connectivity index (χ0) is 13.4. The number of hydrogen-bond acceptors (Lipinski definition) is 6. The van der Waals surface area contributed by atoms with Gasteiger partial charge in [-0.1, -0.05) is 25.1 Å². The van der Waals surface area contributed by atoms with Gasteiger partial charge in [-0.15, -0.1) is 0 Å². The minimum atomic E-state index is -0.328. The Balaban J connectivity index is 2.65. The number of anilines is 2. The predicted octanol–water partition coefficient (Wildman–Crippen LogP) is 2.20. The summed E-state index contributed by atoms with van der Waals surface area (Å²) in [5.41, 5.74) is 0. The van der Waals surface area contributed by atoms with Crippen LogP contribution in [0.15, 0.2) is 11.2 Å². The van der Waals surface area contributed by atoms with E-state index in [1.54, 1.807) is 0 Å². The third kappa shape index (κ3) is 5.10. The molecule has 0 spiro atoms. The van der Waals surface area contributed by atoms with E-state index in [0.717, 1.165) is 36.2 Å². The highest BCUT2D eigenvalue weighted by Crippen LogP contribution is 2.17. The number of aliphatic hydroxyl groups excluding tert-OH is 1. The van der Waals surface area contributed by atoms with Crippen molar-refractivity contribution in [1.29, 1.82) is 0 Å². The van der Waals surface area contributed by atoms with Crippen molar-refractivity contribution in [3.05, 3.63) is 6.07 Å². The smallest absolute Gasteiger partial charge is 0.191 e. The molecule has 1 aromatic heterocycles. The lowest BCUT2D eigenvalue weighted by molar-refractivity contribution is 0.176. The first kappa shape index (κ1) is 15.0. The SMILES string of the molecule is CCCC(O)CNc1cc(NCC)nc(SC)n1. The summed E-state index contributed by atoms with van der Waals surface area (Å²) in [7, 11) is 0. The van der Waals surface area contributed by atoms with Gasteiger partial charge in [0.05, 0.1) is 6.10 Å². The minimum absolute atomic E-state index is 0.328. The summed E-state index contributed by atoms with van der Waals surface area (Å²) in [4.78, 5) is 8.70. The van der Waals surface area contributed by atoms with E-state index in [0.29, 0.717) is 6.54 Å². The zero-order valence-electron chi connectivity index (χ0n) is 11.2. The molecule has 1 heterocycles. The molecule has 1 rings (SSSR count). The van der Waals surface area contributed by atoms with Crippen LogP contribution in [0.25, 0.3) is 0 Å². The van der Waals surface area contributed by atoms with E-state index in [2.05, 4.69) is 27.5 Å². The van der Waals surface area contributed by atoms with Crippen LogP contribution in [0.2, 0.25) is 0 Å². The molecule has 18 heavy (non-hydrogen) atoms. The molecule has 1 unspecified atom stereocenters. The van der Waals surface area contributed by atoms with E-state index in [4.69, 9.17) is 0 Å². The third-order valence-corrected chi connectivity index (χ3v) is 2.93. The maximum atomic E-state index is 9.68. The maximum Gasteiger partial charge on any atom is 0.191 e. The first-order chi connectivity index (χ1) is 8.69. The van der Waals surface area contributed by atoms with Crippen molar-refractivity contribution >= 4 is 23.4 Å². The van der Waals surface area contributed by atoms with Crippen molar-refractivity contribution in [1.82, 2.24) is 9.97 Å². The molecule has 0 fully saturated rings. The second kappa shape index (κ2) is 8.16. The highest BCUT2D eigenvalue weighted by molar-refractivity contribution is 7.98. The lowest BCUT2D eigenvalue weighted by Gasteiger charge is -2.12. The van der Waals surface area contributed by atoms with Crippen LogP contribution in [0, 0.1) is 0 Å². The number of aliphatic hydroxyl groups is 1. The molecule has 6 heteroatoms. The average molecular weight is 270 g/mol. The highest BCUT2D eigenvalue weighted by Gasteiger charge is 2.06. The Morgan fingerprint density at radius 3 is 2.50 bits per heavy atom. The second-order valence-electron chi connectivity index (χ2n) is 3.98. The largest absolute Gasteiger partial charge is 0.391 e. The number of nitrogens with one attached hydrogen (secondary N) is 2. The van der Waals surface area contributed by atoms with Crippen molar-refractivity contribution in [2.24, 2.45) is 0 Å². The van der Waals surface area contributed by atoms with Gasteiger partial charge in [-0.3, -0.25) is 0 Å². The zero-order valence-corrected chi connectivity index (χ0v) is 12.0. The Bertz CT molecular complexity index is 362. The summed E-state index contributed by atoms with van der Waals surface area (Å²) in [6, 6.07) is 1.86. The normalized spacial score (nSPS) is 12.2. The lowest BCUT2D eigenvalue weighted by atomic mass is 10.2. The molecular formula is C12H22N4OS. The molecule has 3 N–H and O–H groups in total. The molecular weight excluding hydrogens is 248 g/mol. The van der Waals surface area contributed by atoms with Gasteiger partial charge >= 0.3 is 0 Å². The van der Waals surface area contributed by atoms with E-state index >= 15 is 0 Å². The molecule has 0 aliphatic heterocycles. The number of aromatic nitrogens is 2. The summed E-state index contributed by atoms with van der Waals surface area (Å²) in [6.07, 6.45) is 3.39. The van der Waals surface area contributed by atoms with Gasteiger partial charge in [0, 0.05) is 19.2 Å². The topological polar surface area (TPSA) is 70.1 Å². The molecule has 0 saturated carbocycles. The van der Waals surface area contributed by atoms with E-state index in [1.807, 2.05) is 19.2 Å². The van der Waals surface area contributed by atoms with E-state index in [-0.39, 0.29) is 6.10 Å². The minimum Gasteiger partial charge on any atom is -0.391 e. The van der Waals surface area contributed by atoms with Crippen molar-refractivity contribution in [3.8, 4) is 0 Å². The van der Waals surface area contributed by atoms with Crippen molar-refractivity contribution in [2.75, 3.05) is 30.0 Å². The summed E-state index contributed by atoms with van der Waals surface area (Å²) < 4.78 is 0. The van der Waals surface area contributed by atoms with Gasteiger partial charge in [0.2, 0.25) is 0 Å². The molecule has 0 bridgehead atoms. The summed E-state index contributed by atoms with van der Waals surface area (Å²) in [5, 5.41) is 16.7. The number of nitrogens with zero attached hydrogens (tertiary/aromatic N) is 2. The molecule has 0 amide bonds. The number of thioether (sulfide) groups is 1. The van der Waals surface area contributed by atoms with E-state index in [1.165, 1.54) is 11.8 Å². The van der Waals surface area contributed by atoms with E-state index < -0.39 is 0 Å². The molecule has 1 aromatic rings. The van der Waals surface area contributed by atoms with Crippen LogP contribution in [0.4, 0.5) is 11.6 Å². The predicted molar refractivity (Wildman–Crippen MR) is 77.4 cm³/mol. The molecule has 1 atom stereocenters. The molecule has 5 nitrogen and oxygen atoms in total. The Hall–Kier alpha value is -1.01. The summed E-state index contributed by atoms with van der Waals surface area (Å²) in [5.74, 6) is 1.56. The summed E-state index contributed by atoms with van der Waals surface area (Å²) in [6.45, 7) is 5.43. The molecule has 0 saturated heterocycles. The summed E-state index contributed by atoms with van der Waals surface area (Å²) >= 11 is 1.50. The molecule has 0 radical (unpaired) electrons. The first-order valence-electron chi connectivity index (χ1n) is 6.28. The number of hydrogen-bond donors (Lipinski definition) is 3. The third-order valence-electron chi connectivity index (χ3n) is 2.39. The maximum absolute atomic E-state index is 9.68. The van der Waals surface area contributed by atoms with Gasteiger partial charge in [0.1, 0.15) is 11.6 Å². The fraction of sp³-hybridized carbons (Fsp3) is 0.667. The van der Waals surface area contributed by atoms with Crippen LogP contribution in [-0.4, -0.2) is 40.5 Å². The van der Waals surface area contributed by atoms with Crippen LogP contribution < -0.4 is 10.6 Å². The molecule has 0 aliphatic rings. The van der Waals surface area contributed by atoms with Crippen LogP contribution in [0.3, 0.4) is 0 Å². The quantitative estimate of drug-likeness (QED) is 0.497. The van der Waals surface area contributed by atoms with Crippen molar-refractivity contribution in [2.45, 2.75) is 37.9 Å². The Kier molecular flexibility index (Phi) is 6.82. The second-order valence-corrected chi connectivity index (χ2v) is 4.75. The first-order valence-corrected chi connectivity index (χ1v) is 7.50.